The maximum Gasteiger partial charge on any atom is 0.256 e. The molecule has 1 atom stereocenters. The lowest BCUT2D eigenvalue weighted by Crippen LogP contribution is -2.43. The van der Waals surface area contributed by atoms with E-state index in [-0.39, 0.29) is 5.91 Å². The number of nitrogens with zero attached hydrogens (tertiary/aromatic N) is 1. The van der Waals surface area contributed by atoms with E-state index in [9.17, 15) is 4.79 Å². The molecule has 0 fully saturated rings. The Balaban J connectivity index is 2.76. The number of unbranched alkanes of at least 4 members (excludes halogenated alkanes) is 1. The van der Waals surface area contributed by atoms with Gasteiger partial charge in [-0.3, -0.25) is 4.79 Å². The van der Waals surface area contributed by atoms with Crippen molar-refractivity contribution in [2.24, 2.45) is 5.92 Å². The van der Waals surface area contributed by atoms with E-state index in [1.54, 1.807) is 13.3 Å². The number of amides is 1. The molecule has 0 aliphatic carbocycles. The average Bonchev–Trinajstić information content (AvgIpc) is 2.48. The molecule has 5 nitrogen and oxygen atoms in total. The molecule has 0 radical (unpaired) electrons. The molecule has 23 heavy (non-hydrogen) atoms. The van der Waals surface area contributed by atoms with Crippen molar-refractivity contribution in [3.05, 3.63) is 17.8 Å². The van der Waals surface area contributed by atoms with Gasteiger partial charge in [0.05, 0.1) is 18.5 Å². The zero-order valence-corrected chi connectivity index (χ0v) is 15.2. The van der Waals surface area contributed by atoms with Crippen LogP contribution in [0.2, 0.25) is 0 Å². The molecule has 0 aliphatic heterocycles. The third-order valence-corrected chi connectivity index (χ3v) is 3.75. The molecule has 0 saturated heterocycles. The summed E-state index contributed by atoms with van der Waals surface area (Å²) in [5.41, 5.74) is 0.711. The van der Waals surface area contributed by atoms with Crippen LogP contribution >= 0.6 is 0 Å². The van der Waals surface area contributed by atoms with E-state index >= 15 is 0 Å². The van der Waals surface area contributed by atoms with Gasteiger partial charge < -0.3 is 14.8 Å². The lowest BCUT2D eigenvalue weighted by atomic mass is 9.93. The molecular weight excluding hydrogens is 292 g/mol. The van der Waals surface area contributed by atoms with Gasteiger partial charge in [0.2, 0.25) is 5.88 Å². The summed E-state index contributed by atoms with van der Waals surface area (Å²) in [6.07, 6.45) is 4.36. The highest BCUT2D eigenvalue weighted by Gasteiger charge is 2.34. The summed E-state index contributed by atoms with van der Waals surface area (Å²) in [5.74, 6) is 0.822. The fourth-order valence-corrected chi connectivity index (χ4v) is 2.41. The van der Waals surface area contributed by atoms with E-state index in [0.29, 0.717) is 30.5 Å². The number of hydrogen-bond acceptors (Lipinski definition) is 4. The minimum absolute atomic E-state index is 0.158. The molecule has 130 valence electrons. The van der Waals surface area contributed by atoms with Crippen molar-refractivity contribution >= 4 is 11.6 Å². The Kier molecular flexibility index (Phi) is 7.49. The smallest absolute Gasteiger partial charge is 0.256 e. The van der Waals surface area contributed by atoms with Crippen LogP contribution in [-0.4, -0.2) is 30.2 Å². The van der Waals surface area contributed by atoms with E-state index in [1.807, 2.05) is 19.9 Å². The molecule has 5 heteroatoms. The topological polar surface area (TPSA) is 60.5 Å². The highest BCUT2D eigenvalue weighted by atomic mass is 16.5. The number of carbonyl (C=O) groups is 1. The molecule has 0 saturated carbocycles. The SMILES string of the molecule is CCCCOc1ncc(NC(=O)[C@@](C)(CC(C)C)OC)cc1C. The third kappa shape index (κ3) is 5.82. The van der Waals surface area contributed by atoms with Crippen LogP contribution in [-0.2, 0) is 9.53 Å². The summed E-state index contributed by atoms with van der Waals surface area (Å²) in [6, 6.07) is 1.87. The molecular formula is C18H30N2O3. The molecule has 1 aromatic heterocycles. The minimum atomic E-state index is -0.849. The molecule has 0 spiro atoms. The summed E-state index contributed by atoms with van der Waals surface area (Å²) < 4.78 is 11.1. The van der Waals surface area contributed by atoms with Crippen LogP contribution in [0.15, 0.2) is 12.3 Å². The highest BCUT2D eigenvalue weighted by Crippen LogP contribution is 2.24. The third-order valence-electron chi connectivity index (χ3n) is 3.75. The van der Waals surface area contributed by atoms with Crippen molar-refractivity contribution in [2.45, 2.75) is 59.5 Å². The number of rotatable bonds is 9. The Hall–Kier alpha value is -1.62. The zero-order chi connectivity index (χ0) is 17.5. The molecule has 1 aromatic rings. The van der Waals surface area contributed by atoms with E-state index in [0.717, 1.165) is 18.4 Å². The van der Waals surface area contributed by atoms with Gasteiger partial charge in [-0.05, 0) is 38.7 Å². The van der Waals surface area contributed by atoms with Crippen molar-refractivity contribution < 1.29 is 14.3 Å². The van der Waals surface area contributed by atoms with Crippen molar-refractivity contribution in [3.8, 4) is 5.88 Å². The lowest BCUT2D eigenvalue weighted by molar-refractivity contribution is -0.137. The van der Waals surface area contributed by atoms with Crippen molar-refractivity contribution in [1.82, 2.24) is 4.98 Å². The molecule has 1 amide bonds. The molecule has 0 aromatic carbocycles. The maximum absolute atomic E-state index is 12.5. The van der Waals surface area contributed by atoms with Gasteiger partial charge in [-0.1, -0.05) is 27.2 Å². The van der Waals surface area contributed by atoms with Gasteiger partial charge >= 0.3 is 0 Å². The molecule has 0 unspecified atom stereocenters. The Morgan fingerprint density at radius 3 is 2.65 bits per heavy atom. The van der Waals surface area contributed by atoms with Gasteiger partial charge in [-0.25, -0.2) is 4.98 Å². The van der Waals surface area contributed by atoms with Gasteiger partial charge in [0.25, 0.3) is 5.91 Å². The number of pyridine rings is 1. The number of anilines is 1. The average molecular weight is 322 g/mol. The lowest BCUT2D eigenvalue weighted by Gasteiger charge is -2.28. The highest BCUT2D eigenvalue weighted by molar-refractivity contribution is 5.97. The van der Waals surface area contributed by atoms with E-state index in [2.05, 4.69) is 31.1 Å². The van der Waals surface area contributed by atoms with Gasteiger partial charge in [0, 0.05) is 12.7 Å². The van der Waals surface area contributed by atoms with Crippen LogP contribution in [0.1, 0.15) is 52.5 Å². The summed E-state index contributed by atoms with van der Waals surface area (Å²) >= 11 is 0. The summed E-state index contributed by atoms with van der Waals surface area (Å²) in [6.45, 7) is 10.6. The number of ether oxygens (including phenoxy) is 2. The first-order chi connectivity index (χ1) is 10.8. The first-order valence-corrected chi connectivity index (χ1v) is 8.28. The first-order valence-electron chi connectivity index (χ1n) is 8.28. The van der Waals surface area contributed by atoms with Crippen LogP contribution in [0.3, 0.4) is 0 Å². The Morgan fingerprint density at radius 2 is 2.13 bits per heavy atom. The predicted molar refractivity (Wildman–Crippen MR) is 92.9 cm³/mol. The molecule has 1 heterocycles. The monoisotopic (exact) mass is 322 g/mol. The molecule has 0 bridgehead atoms. The molecule has 1 rings (SSSR count). The van der Waals surface area contributed by atoms with Crippen LogP contribution in [0.25, 0.3) is 0 Å². The van der Waals surface area contributed by atoms with Crippen molar-refractivity contribution in [3.63, 3.8) is 0 Å². The minimum Gasteiger partial charge on any atom is -0.477 e. The van der Waals surface area contributed by atoms with Crippen LogP contribution < -0.4 is 10.1 Å². The van der Waals surface area contributed by atoms with Crippen LogP contribution in [0, 0.1) is 12.8 Å². The fourth-order valence-electron chi connectivity index (χ4n) is 2.41. The van der Waals surface area contributed by atoms with Crippen LogP contribution in [0.4, 0.5) is 5.69 Å². The Morgan fingerprint density at radius 1 is 1.43 bits per heavy atom. The standard InChI is InChI=1S/C18H30N2O3/c1-7-8-9-23-16-14(4)10-15(12-19-16)20-17(21)18(5,22-6)11-13(2)3/h10,12-13H,7-9,11H2,1-6H3,(H,20,21)/t18-/m1/s1. The van der Waals surface area contributed by atoms with Crippen molar-refractivity contribution in [1.29, 1.82) is 0 Å². The number of carbonyl (C=O) groups excluding carboxylic acids is 1. The molecule has 0 aliphatic rings. The number of hydrogen-bond donors (Lipinski definition) is 1. The number of nitrogens with one attached hydrogen (secondary N) is 1. The number of aromatic nitrogens is 1. The zero-order valence-electron chi connectivity index (χ0n) is 15.2. The van der Waals surface area contributed by atoms with Gasteiger partial charge in [0.1, 0.15) is 5.60 Å². The predicted octanol–water partition coefficient (Wildman–Crippen LogP) is 3.96. The van der Waals surface area contributed by atoms with E-state index < -0.39 is 5.60 Å². The Bertz CT molecular complexity index is 517. The van der Waals surface area contributed by atoms with E-state index in [1.165, 1.54) is 0 Å². The summed E-state index contributed by atoms with van der Waals surface area (Å²) in [5, 5.41) is 2.89. The Labute approximate surface area is 139 Å². The van der Waals surface area contributed by atoms with Crippen LogP contribution in [0.5, 0.6) is 5.88 Å². The fraction of sp³-hybridized carbons (Fsp3) is 0.667. The second-order valence-electron chi connectivity index (χ2n) is 6.54. The maximum atomic E-state index is 12.5. The molecule has 1 N–H and O–H groups in total. The first kappa shape index (κ1) is 19.4. The summed E-state index contributed by atoms with van der Waals surface area (Å²) in [7, 11) is 1.57. The quantitative estimate of drug-likeness (QED) is 0.699. The summed E-state index contributed by atoms with van der Waals surface area (Å²) in [4.78, 5) is 16.8. The normalized spacial score (nSPS) is 13.7. The number of aryl methyl sites for hydroxylation is 1. The van der Waals surface area contributed by atoms with Gasteiger partial charge in [-0.2, -0.15) is 0 Å². The largest absolute Gasteiger partial charge is 0.477 e. The second-order valence-corrected chi connectivity index (χ2v) is 6.54. The van der Waals surface area contributed by atoms with E-state index in [4.69, 9.17) is 9.47 Å². The van der Waals surface area contributed by atoms with Crippen molar-refractivity contribution in [2.75, 3.05) is 19.0 Å². The van der Waals surface area contributed by atoms with Gasteiger partial charge in [-0.15, -0.1) is 0 Å². The number of methoxy groups -OCH3 is 1. The van der Waals surface area contributed by atoms with Gasteiger partial charge in [0.15, 0.2) is 0 Å². The second kappa shape index (κ2) is 8.87.